The van der Waals surface area contributed by atoms with E-state index in [4.69, 9.17) is 0 Å². The molecule has 2 aromatic carbocycles. The van der Waals surface area contributed by atoms with Gasteiger partial charge < -0.3 is 4.90 Å². The van der Waals surface area contributed by atoms with Crippen LogP contribution < -0.4 is 0 Å². The molecule has 4 nitrogen and oxygen atoms in total. The van der Waals surface area contributed by atoms with Crippen LogP contribution in [-0.4, -0.2) is 36.6 Å². The summed E-state index contributed by atoms with van der Waals surface area (Å²) >= 11 is 0. The first kappa shape index (κ1) is 24.0. The van der Waals surface area contributed by atoms with Gasteiger partial charge in [-0.2, -0.15) is 0 Å². The molecule has 2 unspecified atom stereocenters. The van der Waals surface area contributed by atoms with Crippen molar-refractivity contribution in [3.8, 4) is 0 Å². The minimum atomic E-state index is -3.39. The molecule has 0 spiro atoms. The van der Waals surface area contributed by atoms with E-state index in [1.807, 2.05) is 23.1 Å². The van der Waals surface area contributed by atoms with Crippen molar-refractivity contribution in [2.24, 2.45) is 0 Å². The van der Waals surface area contributed by atoms with Crippen molar-refractivity contribution in [3.63, 3.8) is 0 Å². The van der Waals surface area contributed by atoms with Gasteiger partial charge in [0, 0.05) is 17.6 Å². The van der Waals surface area contributed by atoms with E-state index in [-0.39, 0.29) is 28.8 Å². The van der Waals surface area contributed by atoms with Crippen molar-refractivity contribution in [1.29, 1.82) is 0 Å². The quantitative estimate of drug-likeness (QED) is 0.565. The molecule has 2 saturated heterocycles. The van der Waals surface area contributed by atoms with Gasteiger partial charge in [0.2, 0.25) is 0 Å². The molecular weight excluding hydrogens is 430 g/mol. The van der Waals surface area contributed by atoms with E-state index in [9.17, 15) is 13.2 Å². The van der Waals surface area contributed by atoms with Crippen molar-refractivity contribution in [2.75, 3.05) is 0 Å². The molecule has 0 radical (unpaired) electrons. The Morgan fingerprint density at radius 3 is 1.76 bits per heavy atom. The van der Waals surface area contributed by atoms with Crippen LogP contribution >= 0.6 is 0 Å². The van der Waals surface area contributed by atoms with Crippen LogP contribution in [0.1, 0.15) is 88.7 Å². The molecule has 0 N–H and O–H groups in total. The van der Waals surface area contributed by atoms with Gasteiger partial charge in [-0.05, 0) is 71.9 Å². The summed E-state index contributed by atoms with van der Waals surface area (Å²) in [5.41, 5.74) is 2.92. The number of carbonyl (C=O) groups is 1. The zero-order chi connectivity index (χ0) is 24.2. The van der Waals surface area contributed by atoms with Crippen LogP contribution in [0.25, 0.3) is 0 Å². The summed E-state index contributed by atoms with van der Waals surface area (Å²) in [6.45, 7) is 13.0. The lowest BCUT2D eigenvalue weighted by molar-refractivity contribution is 0.0598. The van der Waals surface area contributed by atoms with Gasteiger partial charge in [0.1, 0.15) is 0 Å². The lowest BCUT2D eigenvalue weighted by Gasteiger charge is -2.39. The predicted molar refractivity (Wildman–Crippen MR) is 133 cm³/mol. The lowest BCUT2D eigenvalue weighted by atomic mass is 9.79. The summed E-state index contributed by atoms with van der Waals surface area (Å²) in [7, 11) is -3.39. The van der Waals surface area contributed by atoms with E-state index in [1.54, 1.807) is 24.3 Å². The molecule has 5 heteroatoms. The number of sulfone groups is 1. The van der Waals surface area contributed by atoms with Crippen LogP contribution in [0.2, 0.25) is 0 Å². The fraction of sp³-hybridized carbons (Fsp3) is 0.536. The van der Waals surface area contributed by atoms with Crippen LogP contribution in [0.5, 0.6) is 0 Å². The number of piperidine rings is 1. The van der Waals surface area contributed by atoms with Crippen molar-refractivity contribution in [2.45, 2.75) is 100 Å². The Morgan fingerprint density at radius 1 is 0.818 bits per heavy atom. The topological polar surface area (TPSA) is 54.5 Å². The molecule has 2 heterocycles. The van der Waals surface area contributed by atoms with E-state index in [1.165, 1.54) is 0 Å². The average molecular weight is 468 g/mol. The fourth-order valence-corrected chi connectivity index (χ4v) is 7.15. The number of fused-ring (bicyclic) bond motifs is 2. The smallest absolute Gasteiger partial charge is 0.254 e. The van der Waals surface area contributed by atoms with Gasteiger partial charge in [-0.1, -0.05) is 65.8 Å². The summed E-state index contributed by atoms with van der Waals surface area (Å²) in [5.74, 6) is 0.0506. The van der Waals surface area contributed by atoms with Gasteiger partial charge in [-0.15, -0.1) is 0 Å². The molecular formula is C28H37NO3S. The second-order valence-corrected chi connectivity index (χ2v) is 14.1. The summed E-state index contributed by atoms with van der Waals surface area (Å²) < 4.78 is 26.5. The van der Waals surface area contributed by atoms with Crippen molar-refractivity contribution in [1.82, 2.24) is 4.90 Å². The second kappa shape index (κ2) is 8.26. The van der Waals surface area contributed by atoms with Gasteiger partial charge in [0.25, 0.3) is 5.91 Å². The molecule has 0 aliphatic carbocycles. The predicted octanol–water partition coefficient (Wildman–Crippen LogP) is 5.89. The maximum atomic E-state index is 13.8. The third-order valence-electron chi connectivity index (χ3n) is 7.35. The van der Waals surface area contributed by atoms with Crippen LogP contribution in [0.4, 0.5) is 0 Å². The highest BCUT2D eigenvalue weighted by molar-refractivity contribution is 7.92. The second-order valence-electron chi connectivity index (χ2n) is 11.8. The van der Waals surface area contributed by atoms with Gasteiger partial charge in [-0.25, -0.2) is 8.42 Å². The maximum Gasteiger partial charge on any atom is 0.254 e. The third kappa shape index (κ3) is 4.62. The van der Waals surface area contributed by atoms with Gasteiger partial charge >= 0.3 is 0 Å². The standard InChI is InChI=1S/C28H37NO3S/c1-27(2,3)20-14-19(15-21(16-20)28(4,5)6)26(30)29-22-12-13-23(29)18-25(17-22)33(31,32)24-10-8-7-9-11-24/h7-11,14-16,22-23,25H,12-13,17-18H2,1-6H3. The Labute approximate surface area is 199 Å². The number of hydrogen-bond acceptors (Lipinski definition) is 3. The highest BCUT2D eigenvalue weighted by Gasteiger charge is 2.47. The first-order valence-corrected chi connectivity index (χ1v) is 13.6. The Hall–Kier alpha value is -2.14. The first-order chi connectivity index (χ1) is 15.3. The maximum absolute atomic E-state index is 13.8. The number of rotatable bonds is 3. The third-order valence-corrected chi connectivity index (χ3v) is 9.54. The zero-order valence-electron chi connectivity index (χ0n) is 20.8. The number of nitrogens with zero attached hydrogens (tertiary/aromatic N) is 1. The molecule has 2 atom stereocenters. The normalized spacial score (nSPS) is 23.6. The van der Waals surface area contributed by atoms with Crippen LogP contribution in [0.3, 0.4) is 0 Å². The molecule has 2 aromatic rings. The Bertz CT molecular complexity index is 1090. The minimum Gasteiger partial charge on any atom is -0.333 e. The molecule has 178 valence electrons. The molecule has 0 aromatic heterocycles. The fourth-order valence-electron chi connectivity index (χ4n) is 5.28. The highest BCUT2D eigenvalue weighted by Crippen LogP contribution is 2.41. The Morgan fingerprint density at radius 2 is 1.30 bits per heavy atom. The van der Waals surface area contributed by atoms with Crippen molar-refractivity contribution in [3.05, 3.63) is 65.2 Å². The number of carbonyl (C=O) groups excluding carboxylic acids is 1. The Balaban J connectivity index is 1.64. The summed E-state index contributed by atoms with van der Waals surface area (Å²) in [6, 6.07) is 15.0. The molecule has 4 rings (SSSR count). The summed E-state index contributed by atoms with van der Waals surface area (Å²) in [5, 5.41) is -0.424. The van der Waals surface area contributed by atoms with Gasteiger partial charge in [-0.3, -0.25) is 4.79 Å². The van der Waals surface area contributed by atoms with Gasteiger partial charge in [0.05, 0.1) is 10.1 Å². The van der Waals surface area contributed by atoms with Crippen LogP contribution in [0.15, 0.2) is 53.4 Å². The first-order valence-electron chi connectivity index (χ1n) is 12.1. The molecule has 1 amide bonds. The van der Waals surface area contributed by atoms with E-state index >= 15 is 0 Å². The average Bonchev–Trinajstić information content (AvgIpc) is 3.00. The van der Waals surface area contributed by atoms with Crippen LogP contribution in [0, 0.1) is 0 Å². The lowest BCUT2D eigenvalue weighted by Crippen LogP contribution is -2.49. The van der Waals surface area contributed by atoms with Crippen molar-refractivity contribution >= 4 is 15.7 Å². The SMILES string of the molecule is CC(C)(C)c1cc(C(=O)N2C3CCC2CC(S(=O)(=O)c2ccccc2)C3)cc(C(C)(C)C)c1. The molecule has 2 bridgehead atoms. The van der Waals surface area contributed by atoms with Crippen LogP contribution in [-0.2, 0) is 20.7 Å². The zero-order valence-corrected chi connectivity index (χ0v) is 21.6. The summed E-state index contributed by atoms with van der Waals surface area (Å²) in [4.78, 5) is 16.2. The molecule has 2 fully saturated rings. The minimum absolute atomic E-state index is 0.0175. The van der Waals surface area contributed by atoms with E-state index < -0.39 is 15.1 Å². The molecule has 2 aliphatic heterocycles. The van der Waals surface area contributed by atoms with E-state index in [2.05, 4.69) is 47.6 Å². The number of amides is 1. The largest absolute Gasteiger partial charge is 0.333 e. The summed E-state index contributed by atoms with van der Waals surface area (Å²) in [6.07, 6.45) is 2.79. The molecule has 0 saturated carbocycles. The Kier molecular flexibility index (Phi) is 6.01. The van der Waals surface area contributed by atoms with Crippen molar-refractivity contribution < 1.29 is 13.2 Å². The highest BCUT2D eigenvalue weighted by atomic mass is 32.2. The van der Waals surface area contributed by atoms with E-state index in [0.717, 1.165) is 29.5 Å². The van der Waals surface area contributed by atoms with Gasteiger partial charge in [0.15, 0.2) is 9.84 Å². The monoisotopic (exact) mass is 467 g/mol. The molecule has 33 heavy (non-hydrogen) atoms. The number of hydrogen-bond donors (Lipinski definition) is 0. The number of benzene rings is 2. The molecule has 2 aliphatic rings. The van der Waals surface area contributed by atoms with E-state index in [0.29, 0.717) is 17.7 Å².